The van der Waals surface area contributed by atoms with Crippen LogP contribution in [0.2, 0.25) is 0 Å². The number of allylic oxidation sites excluding steroid dienone is 4. The first-order chi connectivity index (χ1) is 10.4. The van der Waals surface area contributed by atoms with Crippen molar-refractivity contribution in [3.63, 3.8) is 0 Å². The first-order valence-electron chi connectivity index (χ1n) is 7.21. The van der Waals surface area contributed by atoms with Gasteiger partial charge in [0, 0.05) is 0 Å². The molecule has 0 saturated heterocycles. The van der Waals surface area contributed by atoms with Gasteiger partial charge >= 0.3 is 0 Å². The van der Waals surface area contributed by atoms with E-state index in [4.69, 9.17) is 0 Å². The molecule has 0 unspecified atom stereocenters. The van der Waals surface area contributed by atoms with Crippen molar-refractivity contribution in [2.24, 2.45) is 0 Å². The van der Waals surface area contributed by atoms with E-state index in [0.29, 0.717) is 25.7 Å². The Bertz CT molecular complexity index is 527. The van der Waals surface area contributed by atoms with Crippen LogP contribution < -0.4 is 10.2 Å². The summed E-state index contributed by atoms with van der Waals surface area (Å²) in [6.45, 7) is 2.72. The van der Waals surface area contributed by atoms with Gasteiger partial charge in [-0.3, -0.25) is 9.59 Å². The average Bonchev–Trinajstić information content (AvgIpc) is 2.42. The van der Waals surface area contributed by atoms with Crippen LogP contribution in [0, 0.1) is 0 Å². The van der Waals surface area contributed by atoms with Crippen LogP contribution in [-0.2, 0) is 22.4 Å². The number of ketones is 2. The van der Waals surface area contributed by atoms with Gasteiger partial charge in [-0.2, -0.15) is 0 Å². The standard InChI is InChI=1S/C18H22O4/c1-13(19)11-17(21)9-7-15-3-5-16(6-4-15)8-10-18(22)12-14(2)20/h3-6,11-12,21-22H,7-10H2,1-2H3/p-2/b17-11-,18-12?. The second-order valence-electron chi connectivity index (χ2n) is 5.26. The molecule has 0 radical (unpaired) electrons. The Morgan fingerprint density at radius 1 is 0.818 bits per heavy atom. The molecule has 0 fully saturated rings. The number of hydrogen-bond donors (Lipinski definition) is 0. The Morgan fingerprint density at radius 2 is 1.14 bits per heavy atom. The van der Waals surface area contributed by atoms with Crippen LogP contribution in [0.1, 0.15) is 37.8 Å². The highest BCUT2D eigenvalue weighted by Crippen LogP contribution is 2.11. The molecule has 0 aromatic heterocycles. The lowest BCUT2D eigenvalue weighted by Crippen LogP contribution is -2.07. The van der Waals surface area contributed by atoms with Gasteiger partial charge in [-0.15, -0.1) is 11.5 Å². The maximum absolute atomic E-state index is 11.4. The van der Waals surface area contributed by atoms with Crippen LogP contribution >= 0.6 is 0 Å². The zero-order valence-corrected chi connectivity index (χ0v) is 12.9. The van der Waals surface area contributed by atoms with E-state index in [-0.39, 0.29) is 23.1 Å². The Balaban J connectivity index is 2.50. The molecule has 4 heteroatoms. The van der Waals surface area contributed by atoms with Crippen molar-refractivity contribution in [3.05, 3.63) is 59.1 Å². The van der Waals surface area contributed by atoms with Crippen molar-refractivity contribution in [3.8, 4) is 0 Å². The van der Waals surface area contributed by atoms with Crippen molar-refractivity contribution in [2.45, 2.75) is 39.5 Å². The lowest BCUT2D eigenvalue weighted by Gasteiger charge is -2.12. The van der Waals surface area contributed by atoms with E-state index in [1.165, 1.54) is 13.8 Å². The molecule has 0 saturated carbocycles. The summed E-state index contributed by atoms with van der Waals surface area (Å²) in [5.41, 5.74) is 2.02. The highest BCUT2D eigenvalue weighted by molar-refractivity contribution is 5.87. The molecule has 0 aliphatic heterocycles. The lowest BCUT2D eigenvalue weighted by molar-refractivity contribution is -0.307. The molecular formula is C18H20O4-2. The Kier molecular flexibility index (Phi) is 7.09. The third-order valence-corrected chi connectivity index (χ3v) is 3.07. The lowest BCUT2D eigenvalue weighted by atomic mass is 10.0. The summed E-state index contributed by atoms with van der Waals surface area (Å²) in [7, 11) is 0. The minimum absolute atomic E-state index is 0.165. The third-order valence-electron chi connectivity index (χ3n) is 3.07. The summed E-state index contributed by atoms with van der Waals surface area (Å²) in [6.07, 6.45) is 4.02. The van der Waals surface area contributed by atoms with Crippen LogP contribution in [-0.4, -0.2) is 11.6 Å². The maximum atomic E-state index is 11.4. The summed E-state index contributed by atoms with van der Waals surface area (Å²) in [5, 5.41) is 22.8. The molecule has 1 aromatic rings. The van der Waals surface area contributed by atoms with Crippen molar-refractivity contribution >= 4 is 11.6 Å². The van der Waals surface area contributed by atoms with E-state index in [2.05, 4.69) is 0 Å². The second kappa shape index (κ2) is 8.82. The van der Waals surface area contributed by atoms with E-state index in [1.54, 1.807) is 0 Å². The summed E-state index contributed by atoms with van der Waals surface area (Å²) in [6, 6.07) is 7.65. The predicted octanol–water partition coefficient (Wildman–Crippen LogP) is 1.22. The Morgan fingerprint density at radius 3 is 1.41 bits per heavy atom. The molecule has 0 aliphatic carbocycles. The highest BCUT2D eigenvalue weighted by atomic mass is 16.3. The summed E-state index contributed by atoms with van der Waals surface area (Å²) in [4.78, 5) is 21.6. The van der Waals surface area contributed by atoms with Crippen molar-refractivity contribution in [1.82, 2.24) is 0 Å². The SMILES string of the molecule is CC(=O)C=C([O-])CCc1ccc(CC/C([O-])=C/C(C)=O)cc1. The van der Waals surface area contributed by atoms with Crippen molar-refractivity contribution in [2.75, 3.05) is 0 Å². The number of benzene rings is 1. The van der Waals surface area contributed by atoms with Gasteiger partial charge in [0.2, 0.25) is 0 Å². The van der Waals surface area contributed by atoms with E-state index in [0.717, 1.165) is 23.3 Å². The molecule has 4 nitrogen and oxygen atoms in total. The maximum Gasteiger partial charge on any atom is 0.151 e. The first kappa shape index (κ1) is 17.7. The van der Waals surface area contributed by atoms with E-state index >= 15 is 0 Å². The number of hydrogen-bond acceptors (Lipinski definition) is 4. The van der Waals surface area contributed by atoms with Crippen molar-refractivity contribution < 1.29 is 19.8 Å². The zero-order chi connectivity index (χ0) is 16.5. The first-order valence-corrected chi connectivity index (χ1v) is 7.21. The fraction of sp³-hybridized carbons (Fsp3) is 0.333. The smallest absolute Gasteiger partial charge is 0.151 e. The number of rotatable bonds is 8. The molecule has 22 heavy (non-hydrogen) atoms. The molecule has 0 spiro atoms. The zero-order valence-electron chi connectivity index (χ0n) is 12.9. The average molecular weight is 300 g/mol. The van der Waals surface area contributed by atoms with Gasteiger partial charge in [-0.25, -0.2) is 0 Å². The highest BCUT2D eigenvalue weighted by Gasteiger charge is 1.97. The molecule has 0 atom stereocenters. The van der Waals surface area contributed by atoms with Gasteiger partial charge in [0.1, 0.15) is 0 Å². The molecule has 118 valence electrons. The summed E-state index contributed by atoms with van der Waals surface area (Å²) in [5.74, 6) is -0.788. The van der Waals surface area contributed by atoms with Gasteiger partial charge in [-0.1, -0.05) is 24.3 Å². The molecule has 1 rings (SSSR count). The van der Waals surface area contributed by atoms with Gasteiger partial charge in [0.25, 0.3) is 0 Å². The molecular weight excluding hydrogens is 280 g/mol. The molecule has 1 aromatic carbocycles. The minimum Gasteiger partial charge on any atom is -0.875 e. The van der Waals surface area contributed by atoms with Crippen molar-refractivity contribution in [1.29, 1.82) is 0 Å². The largest absolute Gasteiger partial charge is 0.875 e. The topological polar surface area (TPSA) is 80.3 Å². The summed E-state index contributed by atoms with van der Waals surface area (Å²) < 4.78 is 0. The van der Waals surface area contributed by atoms with Gasteiger partial charge in [0.15, 0.2) is 11.6 Å². The molecule has 0 heterocycles. The number of carbonyl (C=O) groups is 2. The van der Waals surface area contributed by atoms with Gasteiger partial charge in [0.05, 0.1) is 0 Å². The van der Waals surface area contributed by atoms with Crippen LogP contribution in [0.3, 0.4) is 0 Å². The van der Waals surface area contributed by atoms with E-state index < -0.39 is 0 Å². The van der Waals surface area contributed by atoms with Gasteiger partial charge < -0.3 is 10.2 Å². The Labute approximate surface area is 130 Å². The normalized spacial score (nSPS) is 12.3. The molecule has 0 N–H and O–H groups in total. The van der Waals surface area contributed by atoms with Gasteiger partial charge in [-0.05, 0) is 62.8 Å². The second-order valence-corrected chi connectivity index (χ2v) is 5.26. The van der Waals surface area contributed by atoms with E-state index in [9.17, 15) is 19.8 Å². The van der Waals surface area contributed by atoms with E-state index in [1.807, 2.05) is 24.3 Å². The predicted molar refractivity (Wildman–Crippen MR) is 80.6 cm³/mol. The monoisotopic (exact) mass is 300 g/mol. The quantitative estimate of drug-likeness (QED) is 0.534. The molecule has 0 amide bonds. The summed E-state index contributed by atoms with van der Waals surface area (Å²) >= 11 is 0. The van der Waals surface area contributed by atoms with Crippen LogP contribution in [0.5, 0.6) is 0 Å². The molecule has 0 aliphatic rings. The minimum atomic E-state index is -0.229. The fourth-order valence-corrected chi connectivity index (χ4v) is 2.01. The molecule has 0 bridgehead atoms. The third kappa shape index (κ3) is 7.43. The van der Waals surface area contributed by atoms with Crippen LogP contribution in [0.4, 0.5) is 0 Å². The number of aryl methyl sites for hydroxylation is 2. The Hall–Kier alpha value is -2.36. The number of carbonyl (C=O) groups excluding carboxylic acids is 2. The van der Waals surface area contributed by atoms with Crippen LogP contribution in [0.15, 0.2) is 47.9 Å². The van der Waals surface area contributed by atoms with Crippen LogP contribution in [0.25, 0.3) is 0 Å². The fourth-order valence-electron chi connectivity index (χ4n) is 2.01.